The fourth-order valence-corrected chi connectivity index (χ4v) is 3.52. The molecule has 0 bridgehead atoms. The molecular weight excluding hydrogens is 481 g/mol. The quantitative estimate of drug-likeness (QED) is 0.359. The van der Waals surface area contributed by atoms with Gasteiger partial charge in [-0.25, -0.2) is 9.18 Å². The van der Waals surface area contributed by atoms with Crippen molar-refractivity contribution in [2.75, 3.05) is 33.0 Å². The van der Waals surface area contributed by atoms with Crippen molar-refractivity contribution in [3.05, 3.63) is 76.6 Å². The van der Waals surface area contributed by atoms with Crippen LogP contribution in [0.5, 0.6) is 0 Å². The van der Waals surface area contributed by atoms with Crippen molar-refractivity contribution >= 4 is 34.5 Å². The van der Waals surface area contributed by atoms with Crippen LogP contribution in [0, 0.1) is 11.7 Å². The Labute approximate surface area is 215 Å². The predicted molar refractivity (Wildman–Crippen MR) is 138 cm³/mol. The minimum absolute atomic E-state index is 0.0928. The second-order valence-corrected chi connectivity index (χ2v) is 8.63. The number of anilines is 1. The van der Waals surface area contributed by atoms with Crippen LogP contribution in [0.1, 0.15) is 21.2 Å². The van der Waals surface area contributed by atoms with Crippen LogP contribution in [0.25, 0.3) is 10.9 Å². The van der Waals surface area contributed by atoms with E-state index >= 15 is 0 Å². The molecule has 1 aromatic carbocycles. The Kier molecular flexibility index (Phi) is 7.89. The molecule has 2 heterocycles. The first-order valence-corrected chi connectivity index (χ1v) is 11.4. The molecule has 2 aromatic heterocycles. The standard InChI is InChI=1S/C26H30FN5O5/c1-30(2)23(33)9-5-4-7-17(15-31(3)26(36)37)24(34)29-22-8-6-12-32(25(22)35)16-20-14-18-13-19(27)10-11-21(18)28-20/h5-6,8-14,17,28H,4,7,15-16H2,1-3H3,(H,29,34)(H,36,37)/b9-5+/i7D2. The minimum Gasteiger partial charge on any atom is -0.465 e. The van der Waals surface area contributed by atoms with E-state index in [0.29, 0.717) is 16.6 Å². The number of hydrogen-bond acceptors (Lipinski definition) is 4. The molecule has 11 heteroatoms. The first-order chi connectivity index (χ1) is 18.3. The van der Waals surface area contributed by atoms with Gasteiger partial charge in [0.05, 0.1) is 12.5 Å². The summed E-state index contributed by atoms with van der Waals surface area (Å²) in [4.78, 5) is 54.7. The Morgan fingerprint density at radius 3 is 2.70 bits per heavy atom. The number of likely N-dealkylation sites (N-methyl/N-ethyl adjacent to an activating group) is 1. The summed E-state index contributed by atoms with van der Waals surface area (Å²) in [5, 5.41) is 12.4. The first-order valence-electron chi connectivity index (χ1n) is 12.4. The van der Waals surface area contributed by atoms with E-state index in [4.69, 9.17) is 2.74 Å². The van der Waals surface area contributed by atoms with Crippen molar-refractivity contribution in [2.24, 2.45) is 5.92 Å². The van der Waals surface area contributed by atoms with E-state index in [1.807, 2.05) is 0 Å². The van der Waals surface area contributed by atoms with Crippen molar-refractivity contribution in [1.82, 2.24) is 19.4 Å². The molecule has 0 fully saturated rings. The van der Waals surface area contributed by atoms with Gasteiger partial charge in [0.15, 0.2) is 0 Å². The van der Waals surface area contributed by atoms with Crippen molar-refractivity contribution in [3.8, 4) is 0 Å². The lowest BCUT2D eigenvalue weighted by atomic mass is 10.0. The summed E-state index contributed by atoms with van der Waals surface area (Å²) in [5.74, 6) is -3.16. The zero-order valence-electron chi connectivity index (χ0n) is 22.7. The SMILES string of the molecule is [2H]C([2H])(C/C=C/C(=O)N(C)C)C(CN(C)C(=O)O)C(=O)Nc1cccn(Cc2cc3cc(F)ccc3[nH]2)c1=O. The average Bonchev–Trinajstić information content (AvgIpc) is 3.25. The second kappa shape index (κ2) is 12.0. The second-order valence-electron chi connectivity index (χ2n) is 8.63. The monoisotopic (exact) mass is 513 g/mol. The number of fused-ring (bicyclic) bond motifs is 1. The molecule has 0 spiro atoms. The summed E-state index contributed by atoms with van der Waals surface area (Å²) in [5.41, 5.74) is 0.621. The Balaban J connectivity index is 1.84. The maximum absolute atomic E-state index is 13.5. The Bertz CT molecular complexity index is 1470. The van der Waals surface area contributed by atoms with E-state index < -0.39 is 42.2 Å². The molecule has 3 amide bonds. The number of H-pyrrole nitrogens is 1. The number of hydrogen-bond donors (Lipinski definition) is 3. The molecule has 0 saturated heterocycles. The zero-order valence-corrected chi connectivity index (χ0v) is 20.7. The molecule has 3 aromatic rings. The maximum Gasteiger partial charge on any atom is 0.407 e. The van der Waals surface area contributed by atoms with Crippen LogP contribution in [0.15, 0.2) is 59.5 Å². The molecule has 3 rings (SSSR count). The zero-order chi connectivity index (χ0) is 28.9. The molecule has 3 N–H and O–H groups in total. The number of carbonyl (C=O) groups excluding carboxylic acids is 2. The third-order valence-corrected chi connectivity index (χ3v) is 5.54. The van der Waals surface area contributed by atoms with Crippen LogP contribution in [0.3, 0.4) is 0 Å². The molecule has 0 saturated carbocycles. The lowest BCUT2D eigenvalue weighted by molar-refractivity contribution is -0.123. The predicted octanol–water partition coefficient (Wildman–Crippen LogP) is 3.11. The van der Waals surface area contributed by atoms with Crippen LogP contribution in [-0.2, 0) is 16.1 Å². The minimum atomic E-state index is -2.26. The molecule has 0 aliphatic carbocycles. The molecule has 1 unspecified atom stereocenters. The van der Waals surface area contributed by atoms with E-state index in [9.17, 15) is 28.7 Å². The van der Waals surface area contributed by atoms with Crippen LogP contribution >= 0.6 is 0 Å². The van der Waals surface area contributed by atoms with Gasteiger partial charge in [-0.1, -0.05) is 6.08 Å². The van der Waals surface area contributed by atoms with Gasteiger partial charge in [0.1, 0.15) is 11.5 Å². The van der Waals surface area contributed by atoms with E-state index in [1.54, 1.807) is 12.1 Å². The Morgan fingerprint density at radius 1 is 1.24 bits per heavy atom. The van der Waals surface area contributed by atoms with Crippen LogP contribution in [-0.4, -0.2) is 70.1 Å². The fraction of sp³-hybridized carbons (Fsp3) is 0.308. The highest BCUT2D eigenvalue weighted by Gasteiger charge is 2.23. The van der Waals surface area contributed by atoms with Gasteiger partial charge >= 0.3 is 6.09 Å². The van der Waals surface area contributed by atoms with E-state index in [-0.39, 0.29) is 24.6 Å². The highest BCUT2D eigenvalue weighted by molar-refractivity contribution is 5.92. The summed E-state index contributed by atoms with van der Waals surface area (Å²) in [7, 11) is 4.26. The summed E-state index contributed by atoms with van der Waals surface area (Å²) >= 11 is 0. The molecule has 10 nitrogen and oxygen atoms in total. The van der Waals surface area contributed by atoms with Gasteiger partial charge in [-0.15, -0.1) is 0 Å². The number of amides is 3. The molecule has 37 heavy (non-hydrogen) atoms. The van der Waals surface area contributed by atoms with Gasteiger partial charge in [-0.3, -0.25) is 14.4 Å². The number of carbonyl (C=O) groups is 3. The smallest absolute Gasteiger partial charge is 0.407 e. The topological polar surface area (TPSA) is 128 Å². The Morgan fingerprint density at radius 2 is 2.00 bits per heavy atom. The van der Waals surface area contributed by atoms with Gasteiger partial charge in [0.25, 0.3) is 5.56 Å². The molecular formula is C26H30FN5O5. The third-order valence-electron chi connectivity index (χ3n) is 5.54. The Hall–Kier alpha value is -4.41. The van der Waals surface area contributed by atoms with Crippen LogP contribution < -0.4 is 10.9 Å². The number of benzene rings is 1. The number of allylic oxidation sites excluding steroid dienone is 1. The van der Waals surface area contributed by atoms with Crippen molar-refractivity contribution in [3.63, 3.8) is 0 Å². The summed E-state index contributed by atoms with van der Waals surface area (Å²) < 4.78 is 31.8. The number of rotatable bonds is 10. The number of aromatic amines is 1. The summed E-state index contributed by atoms with van der Waals surface area (Å²) in [6, 6.07) is 8.86. The molecule has 0 aliphatic rings. The average molecular weight is 514 g/mol. The molecule has 196 valence electrons. The highest BCUT2D eigenvalue weighted by atomic mass is 19.1. The molecule has 0 aliphatic heterocycles. The van der Waals surface area contributed by atoms with Crippen molar-refractivity contribution in [2.45, 2.75) is 19.3 Å². The normalized spacial score (nSPS) is 13.2. The van der Waals surface area contributed by atoms with Gasteiger partial charge in [0.2, 0.25) is 11.8 Å². The van der Waals surface area contributed by atoms with Gasteiger partial charge < -0.3 is 29.8 Å². The lowest BCUT2D eigenvalue weighted by Crippen LogP contribution is -2.37. The number of halogens is 1. The highest BCUT2D eigenvalue weighted by Crippen LogP contribution is 2.18. The third kappa shape index (κ3) is 7.29. The number of nitrogens with one attached hydrogen (secondary N) is 2. The number of aromatic nitrogens is 2. The maximum atomic E-state index is 13.5. The van der Waals surface area contributed by atoms with Gasteiger partial charge in [-0.05, 0) is 55.3 Å². The van der Waals surface area contributed by atoms with Gasteiger partial charge in [-0.2, -0.15) is 0 Å². The number of carboxylic acid groups (broad SMARTS) is 1. The number of pyridine rings is 1. The van der Waals surface area contributed by atoms with Crippen molar-refractivity contribution in [1.29, 1.82) is 0 Å². The fourth-order valence-electron chi connectivity index (χ4n) is 3.52. The number of nitrogens with zero attached hydrogens (tertiary/aromatic N) is 3. The lowest BCUT2D eigenvalue weighted by Gasteiger charge is -2.21. The van der Waals surface area contributed by atoms with E-state index in [0.717, 1.165) is 4.90 Å². The summed E-state index contributed by atoms with van der Waals surface area (Å²) in [6.45, 7) is -0.397. The summed E-state index contributed by atoms with van der Waals surface area (Å²) in [6.07, 6.45) is -0.0108. The van der Waals surface area contributed by atoms with E-state index in [1.165, 1.54) is 73.2 Å². The molecule has 0 radical (unpaired) electrons. The largest absolute Gasteiger partial charge is 0.465 e. The van der Waals surface area contributed by atoms with Gasteiger partial charge in [0, 0.05) is 53.2 Å². The van der Waals surface area contributed by atoms with E-state index in [2.05, 4.69) is 10.3 Å². The van der Waals surface area contributed by atoms with Crippen molar-refractivity contribution < 1.29 is 26.6 Å². The van der Waals surface area contributed by atoms with Crippen LogP contribution in [0.4, 0.5) is 14.9 Å². The van der Waals surface area contributed by atoms with Crippen LogP contribution in [0.2, 0.25) is 0 Å². The molecule has 1 atom stereocenters. The first kappa shape index (κ1) is 24.3.